The van der Waals surface area contributed by atoms with Crippen molar-refractivity contribution in [1.29, 1.82) is 0 Å². The first-order valence-electron chi connectivity index (χ1n) is 7.12. The van der Waals surface area contributed by atoms with Crippen molar-refractivity contribution in [3.8, 4) is 0 Å². The van der Waals surface area contributed by atoms with Crippen LogP contribution in [0.3, 0.4) is 0 Å². The van der Waals surface area contributed by atoms with Gasteiger partial charge in [-0.3, -0.25) is 0 Å². The average molecular weight is 281 g/mol. The minimum Gasteiger partial charge on any atom is -0.383 e. The maximum atomic E-state index is 5.83. The Balaban J connectivity index is 2.74. The fourth-order valence-corrected chi connectivity index (χ4v) is 1.91. The summed E-state index contributed by atoms with van der Waals surface area (Å²) in [5.41, 5.74) is 0.943. The number of rotatable bonds is 8. The molecule has 0 amide bonds. The van der Waals surface area contributed by atoms with E-state index < -0.39 is 0 Å². The first-order chi connectivity index (χ1) is 9.49. The molecule has 5 heteroatoms. The van der Waals surface area contributed by atoms with Crippen molar-refractivity contribution in [2.45, 2.75) is 40.3 Å². The van der Waals surface area contributed by atoms with E-state index in [0.29, 0.717) is 19.8 Å². The second-order valence-electron chi connectivity index (χ2n) is 5.78. The fraction of sp³-hybridized carbons (Fsp3) is 0.733. The van der Waals surface area contributed by atoms with E-state index in [2.05, 4.69) is 36.1 Å². The van der Waals surface area contributed by atoms with Crippen LogP contribution in [0.25, 0.3) is 0 Å². The van der Waals surface area contributed by atoms with E-state index in [4.69, 9.17) is 9.47 Å². The maximum absolute atomic E-state index is 5.83. The van der Waals surface area contributed by atoms with Crippen molar-refractivity contribution in [3.63, 3.8) is 0 Å². The van der Waals surface area contributed by atoms with Gasteiger partial charge in [0.15, 0.2) is 5.82 Å². The molecule has 0 saturated carbocycles. The van der Waals surface area contributed by atoms with Crippen LogP contribution >= 0.6 is 0 Å². The molecule has 114 valence electrons. The summed E-state index contributed by atoms with van der Waals surface area (Å²) in [6.07, 6.45) is 1.71. The van der Waals surface area contributed by atoms with Crippen LogP contribution < -0.4 is 5.32 Å². The molecule has 0 aromatic carbocycles. The van der Waals surface area contributed by atoms with E-state index in [-0.39, 0.29) is 11.5 Å². The van der Waals surface area contributed by atoms with Gasteiger partial charge in [0.25, 0.3) is 0 Å². The Morgan fingerprint density at radius 2 is 2.10 bits per heavy atom. The van der Waals surface area contributed by atoms with Gasteiger partial charge in [-0.2, -0.15) is 0 Å². The highest BCUT2D eigenvalue weighted by Gasteiger charge is 2.29. The minimum atomic E-state index is -0.0913. The number of aromatic nitrogens is 2. The lowest BCUT2D eigenvalue weighted by molar-refractivity contribution is -0.0192. The standard InChI is InChI=1S/C15H27N3O2/c1-6-20-13(15(2,3)4)14-17-8-7-12(18-14)11-16-9-10-19-5/h7-8,13,16H,6,9-11H2,1-5H3. The Hall–Kier alpha value is -1.04. The molecule has 5 nitrogen and oxygen atoms in total. The summed E-state index contributed by atoms with van der Waals surface area (Å²) in [7, 11) is 1.69. The fourth-order valence-electron chi connectivity index (χ4n) is 1.91. The summed E-state index contributed by atoms with van der Waals surface area (Å²) >= 11 is 0. The van der Waals surface area contributed by atoms with E-state index in [9.17, 15) is 0 Å². The van der Waals surface area contributed by atoms with E-state index in [1.165, 1.54) is 0 Å². The van der Waals surface area contributed by atoms with E-state index >= 15 is 0 Å². The molecular formula is C15H27N3O2. The molecule has 0 radical (unpaired) electrons. The van der Waals surface area contributed by atoms with Crippen LogP contribution in [-0.4, -0.2) is 36.8 Å². The Morgan fingerprint density at radius 1 is 1.35 bits per heavy atom. The minimum absolute atomic E-state index is 0.0297. The van der Waals surface area contributed by atoms with Crippen LogP contribution in [0.15, 0.2) is 12.3 Å². The van der Waals surface area contributed by atoms with Gasteiger partial charge in [0.05, 0.1) is 12.3 Å². The molecule has 0 spiro atoms. The normalized spacial score (nSPS) is 13.4. The van der Waals surface area contributed by atoms with Crippen molar-refractivity contribution in [3.05, 3.63) is 23.8 Å². The van der Waals surface area contributed by atoms with Crippen LogP contribution in [0.5, 0.6) is 0 Å². The molecule has 1 heterocycles. The van der Waals surface area contributed by atoms with Gasteiger partial charge >= 0.3 is 0 Å². The molecule has 0 bridgehead atoms. The number of nitrogens with one attached hydrogen (secondary N) is 1. The average Bonchev–Trinajstić information content (AvgIpc) is 2.40. The summed E-state index contributed by atoms with van der Waals surface area (Å²) in [5, 5.41) is 3.28. The van der Waals surface area contributed by atoms with Crippen molar-refractivity contribution in [2.75, 3.05) is 26.9 Å². The largest absolute Gasteiger partial charge is 0.383 e. The molecule has 1 N–H and O–H groups in total. The zero-order valence-corrected chi connectivity index (χ0v) is 13.3. The van der Waals surface area contributed by atoms with E-state index in [1.807, 2.05) is 13.0 Å². The van der Waals surface area contributed by atoms with Gasteiger partial charge in [0, 0.05) is 33.0 Å². The third-order valence-electron chi connectivity index (χ3n) is 2.88. The van der Waals surface area contributed by atoms with Crippen LogP contribution in [0.2, 0.25) is 0 Å². The summed E-state index contributed by atoms with van der Waals surface area (Å²) in [6, 6.07) is 1.93. The van der Waals surface area contributed by atoms with Gasteiger partial charge in [-0.1, -0.05) is 20.8 Å². The van der Waals surface area contributed by atoms with Crippen LogP contribution in [-0.2, 0) is 16.0 Å². The van der Waals surface area contributed by atoms with Crippen molar-refractivity contribution < 1.29 is 9.47 Å². The molecule has 0 fully saturated rings. The summed E-state index contributed by atoms with van der Waals surface area (Å²) in [6.45, 7) is 11.3. The first kappa shape index (κ1) is 17.0. The monoisotopic (exact) mass is 281 g/mol. The Kier molecular flexibility index (Phi) is 7.05. The highest BCUT2D eigenvalue weighted by molar-refractivity contribution is 5.06. The molecule has 0 saturated heterocycles. The molecule has 0 aliphatic carbocycles. The molecule has 1 aromatic rings. The van der Waals surface area contributed by atoms with Gasteiger partial charge in [0.2, 0.25) is 0 Å². The summed E-state index contributed by atoms with van der Waals surface area (Å²) in [5.74, 6) is 0.755. The number of ether oxygens (including phenoxy) is 2. The molecule has 0 aliphatic rings. The van der Waals surface area contributed by atoms with Gasteiger partial charge in [0.1, 0.15) is 6.10 Å². The predicted molar refractivity (Wildman–Crippen MR) is 79.4 cm³/mol. The van der Waals surface area contributed by atoms with Gasteiger partial charge in [-0.05, 0) is 18.4 Å². The highest BCUT2D eigenvalue weighted by Crippen LogP contribution is 2.33. The lowest BCUT2D eigenvalue weighted by atomic mass is 9.88. The second kappa shape index (κ2) is 8.29. The molecule has 1 aromatic heterocycles. The van der Waals surface area contributed by atoms with Crippen LogP contribution in [0.1, 0.15) is 45.3 Å². The zero-order valence-electron chi connectivity index (χ0n) is 13.3. The third kappa shape index (κ3) is 5.53. The molecule has 0 aliphatic heterocycles. The number of hydrogen-bond donors (Lipinski definition) is 1. The lowest BCUT2D eigenvalue weighted by Gasteiger charge is -2.29. The predicted octanol–water partition coefficient (Wildman–Crippen LogP) is 2.34. The Bertz CT molecular complexity index is 391. The molecule has 1 unspecified atom stereocenters. The smallest absolute Gasteiger partial charge is 0.157 e. The van der Waals surface area contributed by atoms with Gasteiger partial charge in [-0.15, -0.1) is 0 Å². The third-order valence-corrected chi connectivity index (χ3v) is 2.88. The van der Waals surface area contributed by atoms with Crippen LogP contribution in [0.4, 0.5) is 0 Å². The quantitative estimate of drug-likeness (QED) is 0.741. The molecule has 1 rings (SSSR count). The Labute approximate surface area is 122 Å². The topological polar surface area (TPSA) is 56.3 Å². The summed E-state index contributed by atoms with van der Waals surface area (Å²) in [4.78, 5) is 9.00. The number of hydrogen-bond acceptors (Lipinski definition) is 5. The van der Waals surface area contributed by atoms with E-state index in [1.54, 1.807) is 13.3 Å². The summed E-state index contributed by atoms with van der Waals surface area (Å²) < 4.78 is 10.8. The first-order valence-corrected chi connectivity index (χ1v) is 7.12. The van der Waals surface area contributed by atoms with Gasteiger partial charge < -0.3 is 14.8 Å². The highest BCUT2D eigenvalue weighted by atomic mass is 16.5. The molecule has 1 atom stereocenters. The number of nitrogens with zero attached hydrogens (tertiary/aromatic N) is 2. The van der Waals surface area contributed by atoms with Crippen molar-refractivity contribution in [2.24, 2.45) is 5.41 Å². The molecule has 20 heavy (non-hydrogen) atoms. The maximum Gasteiger partial charge on any atom is 0.157 e. The number of methoxy groups -OCH3 is 1. The lowest BCUT2D eigenvalue weighted by Crippen LogP contribution is -2.25. The van der Waals surface area contributed by atoms with Gasteiger partial charge in [-0.25, -0.2) is 9.97 Å². The van der Waals surface area contributed by atoms with Crippen molar-refractivity contribution >= 4 is 0 Å². The second-order valence-corrected chi connectivity index (χ2v) is 5.78. The zero-order chi connectivity index (χ0) is 15.0. The van der Waals surface area contributed by atoms with E-state index in [0.717, 1.165) is 18.1 Å². The van der Waals surface area contributed by atoms with Crippen molar-refractivity contribution in [1.82, 2.24) is 15.3 Å². The molecular weight excluding hydrogens is 254 g/mol. The van der Waals surface area contributed by atoms with Crippen LogP contribution in [0, 0.1) is 5.41 Å². The Morgan fingerprint density at radius 3 is 2.70 bits per heavy atom. The SMILES string of the molecule is CCOC(c1nccc(CNCCOC)n1)C(C)(C)C.